The van der Waals surface area contributed by atoms with Gasteiger partial charge in [-0.3, -0.25) is 9.78 Å². The van der Waals surface area contributed by atoms with Gasteiger partial charge in [-0.05, 0) is 89.5 Å². The fourth-order valence-electron chi connectivity index (χ4n) is 7.78. The van der Waals surface area contributed by atoms with Crippen molar-refractivity contribution in [3.63, 3.8) is 0 Å². The molecule has 0 bridgehead atoms. The van der Waals surface area contributed by atoms with E-state index in [1.54, 1.807) is 6.20 Å². The van der Waals surface area contributed by atoms with Crippen LogP contribution in [-0.2, 0) is 4.79 Å². The Morgan fingerprint density at radius 1 is 1.13 bits per heavy atom. The molecule has 6 rings (SSSR count). The van der Waals surface area contributed by atoms with Gasteiger partial charge >= 0.3 is 0 Å². The van der Waals surface area contributed by atoms with E-state index in [1.807, 2.05) is 29.3 Å². The van der Waals surface area contributed by atoms with Gasteiger partial charge in [0, 0.05) is 25.0 Å². The number of hydrogen-bond donors (Lipinski definition) is 0. The van der Waals surface area contributed by atoms with Crippen molar-refractivity contribution in [1.29, 1.82) is 0 Å². The largest absolute Gasteiger partial charge is 0.295 e. The molecule has 0 spiro atoms. The Kier molecular flexibility index (Phi) is 4.15. The number of rotatable bonds is 2. The number of aromatic nitrogens is 4. The topological polar surface area (TPSA) is 60.7 Å². The summed E-state index contributed by atoms with van der Waals surface area (Å²) in [5, 5.41) is 8.48. The Morgan fingerprint density at radius 2 is 2.03 bits per heavy atom. The monoisotopic (exact) mass is 414 g/mol. The molecule has 4 aliphatic carbocycles. The summed E-state index contributed by atoms with van der Waals surface area (Å²) in [5.41, 5.74) is 4.35. The Hall–Kier alpha value is -2.56. The molecule has 2 heterocycles. The van der Waals surface area contributed by atoms with E-state index in [1.165, 1.54) is 29.6 Å². The molecule has 0 N–H and O–H groups in total. The zero-order chi connectivity index (χ0) is 21.2. The van der Waals surface area contributed by atoms with Crippen LogP contribution < -0.4 is 0 Å². The maximum Gasteiger partial charge on any atom is 0.155 e. The highest BCUT2D eigenvalue weighted by molar-refractivity contribution is 5.91. The molecule has 160 valence electrons. The van der Waals surface area contributed by atoms with Crippen molar-refractivity contribution < 1.29 is 4.79 Å². The Labute approximate surface area is 183 Å². The van der Waals surface area contributed by atoms with Crippen molar-refractivity contribution in [2.24, 2.45) is 28.6 Å². The highest BCUT2D eigenvalue weighted by atomic mass is 16.1. The molecular formula is C26H30N4O. The van der Waals surface area contributed by atoms with Crippen molar-refractivity contribution in [3.05, 3.63) is 60.2 Å². The molecule has 2 aromatic heterocycles. The molecule has 31 heavy (non-hydrogen) atoms. The summed E-state index contributed by atoms with van der Waals surface area (Å²) in [6.45, 7) is 4.92. The van der Waals surface area contributed by atoms with E-state index < -0.39 is 0 Å². The minimum absolute atomic E-state index is 0.0752. The molecule has 0 aromatic carbocycles. The van der Waals surface area contributed by atoms with Gasteiger partial charge in [0.1, 0.15) is 0 Å². The highest BCUT2D eigenvalue weighted by Gasteiger charge is 2.59. The zero-order valence-corrected chi connectivity index (χ0v) is 18.4. The lowest BCUT2D eigenvalue weighted by Gasteiger charge is -2.59. The molecule has 5 heteroatoms. The number of allylic oxidation sites excluding steroid dienone is 4. The molecule has 2 fully saturated rings. The van der Waals surface area contributed by atoms with Crippen LogP contribution in [0.2, 0.25) is 0 Å². The van der Waals surface area contributed by atoms with E-state index in [-0.39, 0.29) is 22.7 Å². The minimum atomic E-state index is 0.0752. The van der Waals surface area contributed by atoms with E-state index in [2.05, 4.69) is 47.4 Å². The Morgan fingerprint density at radius 3 is 2.81 bits per heavy atom. The van der Waals surface area contributed by atoms with Gasteiger partial charge in [-0.1, -0.05) is 31.2 Å². The van der Waals surface area contributed by atoms with Crippen LogP contribution in [-0.4, -0.2) is 25.8 Å². The molecule has 0 amide bonds. The SMILES string of the molecule is C[C@]12CCC(=O)C=C1C(n1ccnn1)C[C@@H]1[C@@H]2CC[C@]2(C)C(c3cccnc3)=CC[C@@H]12. The number of ketones is 1. The van der Waals surface area contributed by atoms with E-state index >= 15 is 0 Å². The van der Waals surface area contributed by atoms with Crippen LogP contribution in [0.5, 0.6) is 0 Å². The molecule has 5 nitrogen and oxygen atoms in total. The first-order chi connectivity index (χ1) is 15.0. The third-order valence-electron chi connectivity index (χ3n) is 9.29. The van der Waals surface area contributed by atoms with Crippen molar-refractivity contribution in [2.45, 2.75) is 58.4 Å². The number of carbonyl (C=O) groups is 1. The maximum absolute atomic E-state index is 12.4. The van der Waals surface area contributed by atoms with Gasteiger partial charge in [-0.25, -0.2) is 4.68 Å². The standard InChI is InChI=1S/C26H30N4O/c1-25-10-8-22-19(21(25)6-5-20(25)17-4-3-11-27-16-17)15-24(30-13-12-28-29-30)23-14-18(31)7-9-26(22,23)2/h3-5,11-14,16,19,21-22,24H,6-10,15H2,1-2H3/t19-,21-,22-,24?,25+,26+/m0/s1. The lowest BCUT2D eigenvalue weighted by atomic mass is 9.46. The summed E-state index contributed by atoms with van der Waals surface area (Å²) in [6.07, 6.45) is 18.4. The Bertz CT molecular complexity index is 1070. The van der Waals surface area contributed by atoms with Crippen LogP contribution in [0.4, 0.5) is 0 Å². The summed E-state index contributed by atoms with van der Waals surface area (Å²) in [6, 6.07) is 4.41. The maximum atomic E-state index is 12.4. The summed E-state index contributed by atoms with van der Waals surface area (Å²) in [7, 11) is 0. The van der Waals surface area contributed by atoms with Gasteiger partial charge < -0.3 is 0 Å². The average molecular weight is 415 g/mol. The molecule has 0 saturated heterocycles. The summed E-state index contributed by atoms with van der Waals surface area (Å²) < 4.78 is 2.01. The molecule has 0 aliphatic heterocycles. The molecule has 2 saturated carbocycles. The number of hydrogen-bond acceptors (Lipinski definition) is 4. The van der Waals surface area contributed by atoms with Crippen molar-refractivity contribution in [3.8, 4) is 0 Å². The fraction of sp³-hybridized carbons (Fsp3) is 0.538. The molecule has 0 radical (unpaired) electrons. The number of fused-ring (bicyclic) bond motifs is 5. The molecule has 6 atom stereocenters. The smallest absolute Gasteiger partial charge is 0.155 e. The van der Waals surface area contributed by atoms with Crippen molar-refractivity contribution in [1.82, 2.24) is 20.0 Å². The molecular weight excluding hydrogens is 384 g/mol. The van der Waals surface area contributed by atoms with E-state index in [0.717, 1.165) is 19.3 Å². The average Bonchev–Trinajstić information content (AvgIpc) is 3.42. The fourth-order valence-corrected chi connectivity index (χ4v) is 7.78. The predicted octanol–water partition coefficient (Wildman–Crippen LogP) is 5.05. The second-order valence-electron chi connectivity index (χ2n) is 10.5. The van der Waals surface area contributed by atoms with Crippen LogP contribution >= 0.6 is 0 Å². The van der Waals surface area contributed by atoms with Crippen LogP contribution in [0.25, 0.3) is 5.57 Å². The first-order valence-electron chi connectivity index (χ1n) is 11.7. The van der Waals surface area contributed by atoms with Gasteiger partial charge in [-0.15, -0.1) is 5.10 Å². The van der Waals surface area contributed by atoms with Crippen molar-refractivity contribution in [2.75, 3.05) is 0 Å². The van der Waals surface area contributed by atoms with Crippen LogP contribution in [0.15, 0.2) is 54.6 Å². The van der Waals surface area contributed by atoms with E-state index in [0.29, 0.717) is 24.2 Å². The number of pyridine rings is 1. The van der Waals surface area contributed by atoms with Crippen LogP contribution in [0.3, 0.4) is 0 Å². The van der Waals surface area contributed by atoms with Gasteiger partial charge in [-0.2, -0.15) is 0 Å². The van der Waals surface area contributed by atoms with Crippen molar-refractivity contribution >= 4 is 11.4 Å². The molecule has 2 aromatic rings. The number of carbonyl (C=O) groups excluding carboxylic acids is 1. The van der Waals surface area contributed by atoms with Gasteiger partial charge in [0.2, 0.25) is 0 Å². The number of nitrogens with zero attached hydrogens (tertiary/aromatic N) is 4. The van der Waals surface area contributed by atoms with Gasteiger partial charge in [0.15, 0.2) is 5.78 Å². The lowest BCUT2D eigenvalue weighted by molar-refractivity contribution is -0.117. The van der Waals surface area contributed by atoms with Crippen LogP contribution in [0.1, 0.15) is 64.0 Å². The summed E-state index contributed by atoms with van der Waals surface area (Å²) in [4.78, 5) is 16.8. The lowest BCUT2D eigenvalue weighted by Crippen LogP contribution is -2.52. The third kappa shape index (κ3) is 2.68. The first-order valence-corrected chi connectivity index (χ1v) is 11.7. The minimum Gasteiger partial charge on any atom is -0.295 e. The van der Waals surface area contributed by atoms with E-state index in [9.17, 15) is 4.79 Å². The second-order valence-corrected chi connectivity index (χ2v) is 10.5. The summed E-state index contributed by atoms with van der Waals surface area (Å²) in [5.74, 6) is 2.15. The van der Waals surface area contributed by atoms with E-state index in [4.69, 9.17) is 0 Å². The zero-order valence-electron chi connectivity index (χ0n) is 18.4. The predicted molar refractivity (Wildman–Crippen MR) is 119 cm³/mol. The highest BCUT2D eigenvalue weighted by Crippen LogP contribution is 2.68. The molecule has 4 aliphatic rings. The molecule has 1 unspecified atom stereocenters. The third-order valence-corrected chi connectivity index (χ3v) is 9.29. The van der Waals surface area contributed by atoms with Gasteiger partial charge in [0.25, 0.3) is 0 Å². The first kappa shape index (κ1) is 19.1. The van der Waals surface area contributed by atoms with Crippen LogP contribution in [0, 0.1) is 28.6 Å². The second kappa shape index (κ2) is 6.72. The Balaban J connectivity index is 1.41. The quantitative estimate of drug-likeness (QED) is 0.690. The normalized spacial score (nSPS) is 39.2. The van der Waals surface area contributed by atoms with Gasteiger partial charge in [0.05, 0.1) is 12.2 Å². The summed E-state index contributed by atoms with van der Waals surface area (Å²) >= 11 is 0.